The van der Waals surface area contributed by atoms with E-state index >= 15 is 0 Å². The first-order chi connectivity index (χ1) is 18.4. The van der Waals surface area contributed by atoms with Crippen molar-refractivity contribution in [2.24, 2.45) is 0 Å². The predicted octanol–water partition coefficient (Wildman–Crippen LogP) is 5.30. The molecule has 0 aliphatic rings. The Balaban J connectivity index is 1.99. The van der Waals surface area contributed by atoms with E-state index in [1.165, 1.54) is 29.2 Å². The number of hydrogen-bond acceptors (Lipinski definition) is 4. The van der Waals surface area contributed by atoms with Crippen LogP contribution in [0.2, 0.25) is 5.02 Å². The fourth-order valence-electron chi connectivity index (χ4n) is 4.21. The quantitative estimate of drug-likeness (QED) is 0.339. The molecule has 0 fully saturated rings. The Morgan fingerprint density at radius 2 is 1.46 bits per heavy atom. The number of carbonyl (C=O) groups is 2. The van der Waals surface area contributed by atoms with Crippen LogP contribution in [0.3, 0.4) is 0 Å². The highest BCUT2D eigenvalue weighted by Crippen LogP contribution is 2.25. The molecule has 1 atom stereocenters. The molecular formula is C30H36ClN3O4S. The minimum absolute atomic E-state index is 0.0110. The van der Waals surface area contributed by atoms with Gasteiger partial charge < -0.3 is 10.2 Å². The molecular weight excluding hydrogens is 534 g/mol. The first-order valence-corrected chi connectivity index (χ1v) is 14.7. The van der Waals surface area contributed by atoms with Crippen LogP contribution in [0.5, 0.6) is 0 Å². The van der Waals surface area contributed by atoms with E-state index in [1.807, 2.05) is 58.0 Å². The number of carbonyl (C=O) groups excluding carboxylic acids is 2. The minimum Gasteiger partial charge on any atom is -0.350 e. The van der Waals surface area contributed by atoms with E-state index in [4.69, 9.17) is 11.6 Å². The van der Waals surface area contributed by atoms with Gasteiger partial charge in [0.2, 0.25) is 11.8 Å². The van der Waals surface area contributed by atoms with Gasteiger partial charge in [0.05, 0.1) is 10.6 Å². The van der Waals surface area contributed by atoms with Crippen LogP contribution >= 0.6 is 11.6 Å². The van der Waals surface area contributed by atoms with Crippen molar-refractivity contribution < 1.29 is 18.0 Å². The van der Waals surface area contributed by atoms with Gasteiger partial charge in [-0.25, -0.2) is 8.42 Å². The third-order valence-electron chi connectivity index (χ3n) is 6.09. The number of para-hydroxylation sites is 1. The standard InChI is InChI=1S/C30H36ClN3O4S/c1-5-27(29(36)32-30(2,3)4)33(21-20-23-12-8-6-9-13-23)28(35)22-34(25-14-10-7-11-15-25)39(37,38)26-18-16-24(31)17-19-26/h6-19,27H,5,20-22H2,1-4H3,(H,32,36)/t27-/m0/s1. The highest BCUT2D eigenvalue weighted by molar-refractivity contribution is 7.92. The van der Waals surface area contributed by atoms with Crippen LogP contribution in [0.1, 0.15) is 39.7 Å². The summed E-state index contributed by atoms with van der Waals surface area (Å²) in [5.74, 6) is -0.749. The lowest BCUT2D eigenvalue weighted by molar-refractivity contribution is -0.140. The lowest BCUT2D eigenvalue weighted by Crippen LogP contribution is -2.56. The zero-order chi connectivity index (χ0) is 28.6. The summed E-state index contributed by atoms with van der Waals surface area (Å²) in [5, 5.41) is 3.37. The van der Waals surface area contributed by atoms with Crippen molar-refractivity contribution in [1.82, 2.24) is 10.2 Å². The molecule has 39 heavy (non-hydrogen) atoms. The average molecular weight is 570 g/mol. The molecule has 0 unspecified atom stereocenters. The fraction of sp³-hybridized carbons (Fsp3) is 0.333. The Morgan fingerprint density at radius 1 is 0.897 bits per heavy atom. The van der Waals surface area contributed by atoms with E-state index in [2.05, 4.69) is 5.32 Å². The molecule has 3 rings (SSSR count). The van der Waals surface area contributed by atoms with Gasteiger partial charge in [-0.15, -0.1) is 0 Å². The fourth-order valence-corrected chi connectivity index (χ4v) is 5.75. The number of anilines is 1. The predicted molar refractivity (Wildman–Crippen MR) is 156 cm³/mol. The number of hydrogen-bond donors (Lipinski definition) is 1. The summed E-state index contributed by atoms with van der Waals surface area (Å²) >= 11 is 5.99. The summed E-state index contributed by atoms with van der Waals surface area (Å²) in [6.45, 7) is 7.26. The first-order valence-electron chi connectivity index (χ1n) is 12.9. The largest absolute Gasteiger partial charge is 0.350 e. The molecule has 0 aliphatic heterocycles. The van der Waals surface area contributed by atoms with Gasteiger partial charge >= 0.3 is 0 Å². The molecule has 0 aliphatic carbocycles. The molecule has 0 heterocycles. The number of amides is 2. The maximum absolute atomic E-state index is 14.0. The van der Waals surface area contributed by atoms with Crippen LogP contribution in [0.15, 0.2) is 89.8 Å². The van der Waals surface area contributed by atoms with Crippen LogP contribution in [-0.4, -0.2) is 49.8 Å². The molecule has 2 amide bonds. The number of halogens is 1. The molecule has 9 heteroatoms. The molecule has 0 radical (unpaired) electrons. The van der Waals surface area contributed by atoms with Gasteiger partial charge in [-0.1, -0.05) is 67.1 Å². The molecule has 7 nitrogen and oxygen atoms in total. The topological polar surface area (TPSA) is 86.8 Å². The van der Waals surface area contributed by atoms with E-state index in [-0.39, 0.29) is 17.3 Å². The van der Waals surface area contributed by atoms with Gasteiger partial charge in [0.1, 0.15) is 12.6 Å². The van der Waals surface area contributed by atoms with E-state index in [9.17, 15) is 18.0 Å². The summed E-state index contributed by atoms with van der Waals surface area (Å²) in [4.78, 5) is 28.8. The third-order valence-corrected chi connectivity index (χ3v) is 8.13. The van der Waals surface area contributed by atoms with E-state index in [0.717, 1.165) is 9.87 Å². The molecule has 0 saturated carbocycles. The van der Waals surface area contributed by atoms with Crippen molar-refractivity contribution >= 4 is 39.1 Å². The van der Waals surface area contributed by atoms with E-state index in [1.54, 1.807) is 30.3 Å². The van der Waals surface area contributed by atoms with Gasteiger partial charge in [0.15, 0.2) is 0 Å². The van der Waals surface area contributed by atoms with Crippen LogP contribution in [-0.2, 0) is 26.0 Å². The number of nitrogens with one attached hydrogen (secondary N) is 1. The Morgan fingerprint density at radius 3 is 2.00 bits per heavy atom. The smallest absolute Gasteiger partial charge is 0.264 e. The van der Waals surface area contributed by atoms with Crippen molar-refractivity contribution in [2.45, 2.75) is 57.0 Å². The Kier molecular flexibility index (Phi) is 10.2. The second-order valence-corrected chi connectivity index (χ2v) is 12.6. The minimum atomic E-state index is -4.12. The Bertz CT molecular complexity index is 1340. The summed E-state index contributed by atoms with van der Waals surface area (Å²) in [5.41, 5.74) is 0.859. The molecule has 208 valence electrons. The molecule has 0 aromatic heterocycles. The van der Waals surface area contributed by atoms with Gasteiger partial charge in [0.25, 0.3) is 10.0 Å². The average Bonchev–Trinajstić information content (AvgIpc) is 2.89. The third kappa shape index (κ3) is 8.31. The summed E-state index contributed by atoms with van der Waals surface area (Å²) in [7, 11) is -4.12. The monoisotopic (exact) mass is 569 g/mol. The number of benzene rings is 3. The molecule has 0 spiro atoms. The second kappa shape index (κ2) is 13.1. The number of nitrogens with zero attached hydrogens (tertiary/aromatic N) is 2. The van der Waals surface area contributed by atoms with Crippen LogP contribution < -0.4 is 9.62 Å². The van der Waals surface area contributed by atoms with Gasteiger partial charge in [-0.05, 0) is 75.6 Å². The lowest BCUT2D eigenvalue weighted by Gasteiger charge is -2.34. The van der Waals surface area contributed by atoms with Crippen LogP contribution in [0.4, 0.5) is 5.69 Å². The maximum atomic E-state index is 14.0. The molecule has 0 saturated heterocycles. The van der Waals surface area contributed by atoms with Gasteiger partial charge in [-0.3, -0.25) is 13.9 Å². The molecule has 3 aromatic rings. The highest BCUT2D eigenvalue weighted by Gasteiger charge is 2.34. The number of rotatable bonds is 11. The Hall–Kier alpha value is -3.36. The Labute approximate surface area is 236 Å². The van der Waals surface area contributed by atoms with Crippen molar-refractivity contribution in [3.63, 3.8) is 0 Å². The second-order valence-electron chi connectivity index (χ2n) is 10.3. The van der Waals surface area contributed by atoms with Crippen molar-refractivity contribution in [3.8, 4) is 0 Å². The zero-order valence-corrected chi connectivity index (χ0v) is 24.4. The van der Waals surface area contributed by atoms with Crippen LogP contribution in [0.25, 0.3) is 0 Å². The summed E-state index contributed by atoms with van der Waals surface area (Å²) in [6, 6.07) is 23.2. The van der Waals surface area contributed by atoms with E-state index < -0.39 is 34.1 Å². The van der Waals surface area contributed by atoms with Crippen molar-refractivity contribution in [1.29, 1.82) is 0 Å². The molecule has 0 bridgehead atoms. The number of sulfonamides is 1. The van der Waals surface area contributed by atoms with Gasteiger partial charge in [0, 0.05) is 17.1 Å². The van der Waals surface area contributed by atoms with E-state index in [0.29, 0.717) is 23.6 Å². The normalized spacial score (nSPS) is 12.4. The SMILES string of the molecule is CC[C@@H](C(=O)NC(C)(C)C)N(CCc1ccccc1)C(=O)CN(c1ccccc1)S(=O)(=O)c1ccc(Cl)cc1. The molecule has 1 N–H and O–H groups in total. The zero-order valence-electron chi connectivity index (χ0n) is 22.8. The van der Waals surface area contributed by atoms with Gasteiger partial charge in [-0.2, -0.15) is 0 Å². The highest BCUT2D eigenvalue weighted by atomic mass is 35.5. The maximum Gasteiger partial charge on any atom is 0.264 e. The lowest BCUT2D eigenvalue weighted by atomic mass is 10.1. The van der Waals surface area contributed by atoms with Crippen molar-refractivity contribution in [2.75, 3.05) is 17.4 Å². The summed E-state index contributed by atoms with van der Waals surface area (Å²) in [6.07, 6.45) is 0.888. The van der Waals surface area contributed by atoms with Crippen molar-refractivity contribution in [3.05, 3.63) is 95.5 Å². The van der Waals surface area contributed by atoms with Crippen LogP contribution in [0, 0.1) is 0 Å². The molecule has 3 aromatic carbocycles. The first kappa shape index (κ1) is 30.2. The summed E-state index contributed by atoms with van der Waals surface area (Å²) < 4.78 is 28.6.